The fraction of sp³-hybridized carbons (Fsp3) is 0.676. The highest BCUT2D eigenvalue weighted by molar-refractivity contribution is 6.16. The van der Waals surface area contributed by atoms with E-state index in [1.807, 2.05) is 44.3 Å². The Balaban J connectivity index is 1.55. The molecule has 0 spiro atoms. The standard InChI is InChI=1S/C34H50BFN6O6/c1-8-28-34(6)29(22(3)38-19-21(2)18-32(4,46-7)26(35)17-27(43)33(5,36)30(44)47-28)42(31(45)48-34)15-10-9-14-41-20-25(39-40-41)23-12-11-13-24(37)16-23/h11-13,16,20-22,26,28-29,38H,8-10,14-15,17-19,37H2,1-7H3/t21-,22-,26-,28-,29-,32-,33+,34-/m1/s1. The molecular formula is C34H50BFN6O6. The summed E-state index contributed by atoms with van der Waals surface area (Å²) in [5.74, 6) is -3.17. The number of nitrogen functional groups attached to an aromatic ring is 1. The molecule has 2 aliphatic rings. The Hall–Kier alpha value is -3.52. The van der Waals surface area contributed by atoms with Gasteiger partial charge in [0, 0.05) is 43.9 Å². The molecule has 1 amide bonds. The molecule has 8 atom stereocenters. The summed E-state index contributed by atoms with van der Waals surface area (Å²) >= 11 is 0. The van der Waals surface area contributed by atoms with Gasteiger partial charge in [0.25, 0.3) is 5.67 Å². The second-order valence-corrected chi connectivity index (χ2v) is 14.0. The molecule has 0 unspecified atom stereocenters. The average Bonchev–Trinajstić information content (AvgIpc) is 3.61. The van der Waals surface area contributed by atoms with Gasteiger partial charge in [0.05, 0.1) is 25.7 Å². The van der Waals surface area contributed by atoms with Crippen molar-refractivity contribution in [3.05, 3.63) is 30.5 Å². The van der Waals surface area contributed by atoms with E-state index >= 15 is 4.39 Å². The SMILES string of the molecule is [B][C@@H]1CC(=O)[C@](C)(F)C(=O)O[C@H](CC)[C@@]2(C)OC(=O)N(CCCCn3cc(-c4cccc(N)c4)nn3)[C@@H]2[C@@H](C)NC[C@H](C)C[C@@]1(C)OC. The Kier molecular flexibility index (Phi) is 11.6. The Morgan fingerprint density at radius 3 is 2.54 bits per heavy atom. The predicted molar refractivity (Wildman–Crippen MR) is 180 cm³/mol. The van der Waals surface area contributed by atoms with Gasteiger partial charge in [-0.15, -0.1) is 5.10 Å². The van der Waals surface area contributed by atoms with Gasteiger partial charge in [-0.3, -0.25) is 14.4 Å². The number of anilines is 1. The molecule has 0 saturated carbocycles. The van der Waals surface area contributed by atoms with E-state index in [9.17, 15) is 14.4 Å². The number of hydrogen-bond acceptors (Lipinski definition) is 10. The number of ether oxygens (including phenoxy) is 3. The lowest BCUT2D eigenvalue weighted by atomic mass is 9.67. The van der Waals surface area contributed by atoms with Crippen LogP contribution in [0.15, 0.2) is 30.5 Å². The Bertz CT molecular complexity index is 1460. The number of nitrogens with zero attached hydrogens (tertiary/aromatic N) is 4. The third kappa shape index (κ3) is 7.85. The number of aromatic nitrogens is 3. The number of cyclic esters (lactones) is 1. The molecule has 12 nitrogen and oxygen atoms in total. The Labute approximate surface area is 284 Å². The van der Waals surface area contributed by atoms with Crippen molar-refractivity contribution in [2.75, 3.05) is 25.9 Å². The summed E-state index contributed by atoms with van der Waals surface area (Å²) in [4.78, 5) is 41.6. The molecular weight excluding hydrogens is 618 g/mol. The molecule has 1 aromatic heterocycles. The maximum Gasteiger partial charge on any atom is 0.410 e. The molecule has 2 radical (unpaired) electrons. The number of carbonyl (C=O) groups excluding carboxylic acids is 3. The van der Waals surface area contributed by atoms with Gasteiger partial charge in [-0.2, -0.15) is 0 Å². The number of methoxy groups -OCH3 is 1. The molecule has 0 bridgehead atoms. The monoisotopic (exact) mass is 668 g/mol. The number of aryl methyl sites for hydroxylation is 1. The number of Topliss-reactive ketones (excluding diaryl/α,β-unsaturated/α-hetero) is 1. The molecule has 262 valence electrons. The minimum Gasteiger partial charge on any atom is -0.455 e. The van der Waals surface area contributed by atoms with Crippen molar-refractivity contribution in [2.24, 2.45) is 5.92 Å². The zero-order valence-electron chi connectivity index (χ0n) is 29.2. The van der Waals surface area contributed by atoms with Gasteiger partial charge in [-0.1, -0.05) is 31.2 Å². The smallest absolute Gasteiger partial charge is 0.410 e. The number of fused-ring (bicyclic) bond motifs is 1. The first-order valence-electron chi connectivity index (χ1n) is 16.8. The molecule has 2 fully saturated rings. The number of unbranched alkanes of at least 4 members (excludes halogenated alkanes) is 1. The minimum absolute atomic E-state index is 0.0259. The van der Waals surface area contributed by atoms with Gasteiger partial charge in [-0.05, 0) is 83.8 Å². The van der Waals surface area contributed by atoms with Crippen LogP contribution in [0.4, 0.5) is 14.9 Å². The molecule has 3 N–H and O–H groups in total. The number of amides is 1. The van der Waals surface area contributed by atoms with Crippen molar-refractivity contribution in [1.29, 1.82) is 0 Å². The number of hydrogen-bond donors (Lipinski definition) is 2. The van der Waals surface area contributed by atoms with E-state index in [0.29, 0.717) is 50.3 Å². The topological polar surface area (TPSA) is 151 Å². The number of alkyl halides is 1. The summed E-state index contributed by atoms with van der Waals surface area (Å²) in [6, 6.07) is 6.53. The van der Waals surface area contributed by atoms with Gasteiger partial charge in [0.1, 0.15) is 11.8 Å². The van der Waals surface area contributed by atoms with Crippen LogP contribution in [0.3, 0.4) is 0 Å². The van der Waals surface area contributed by atoms with Crippen molar-refractivity contribution in [2.45, 2.75) is 121 Å². The lowest BCUT2D eigenvalue weighted by Crippen LogP contribution is -2.61. The van der Waals surface area contributed by atoms with Crippen molar-refractivity contribution in [3.63, 3.8) is 0 Å². The number of benzene rings is 1. The van der Waals surface area contributed by atoms with Crippen LogP contribution in [-0.4, -0.2) is 101 Å². The highest BCUT2D eigenvalue weighted by Crippen LogP contribution is 2.40. The molecule has 48 heavy (non-hydrogen) atoms. The van der Waals surface area contributed by atoms with Crippen LogP contribution >= 0.6 is 0 Å². The summed E-state index contributed by atoms with van der Waals surface area (Å²) in [5, 5.41) is 12.1. The van der Waals surface area contributed by atoms with Crippen LogP contribution in [0.2, 0.25) is 5.82 Å². The largest absolute Gasteiger partial charge is 0.455 e. The first kappa shape index (κ1) is 37.3. The fourth-order valence-corrected chi connectivity index (χ4v) is 6.99. The van der Waals surface area contributed by atoms with E-state index < -0.39 is 59.1 Å². The van der Waals surface area contributed by atoms with E-state index in [0.717, 1.165) is 12.5 Å². The fourth-order valence-electron chi connectivity index (χ4n) is 6.99. The molecule has 3 heterocycles. The first-order chi connectivity index (χ1) is 22.5. The van der Waals surface area contributed by atoms with E-state index in [1.165, 1.54) is 7.11 Å². The summed E-state index contributed by atoms with van der Waals surface area (Å²) < 4.78 is 35.2. The molecule has 14 heteroatoms. The number of carbonyl (C=O) groups is 3. The zero-order valence-corrected chi connectivity index (χ0v) is 29.2. The maximum atomic E-state index is 15.9. The van der Waals surface area contributed by atoms with E-state index in [1.54, 1.807) is 30.4 Å². The van der Waals surface area contributed by atoms with Crippen LogP contribution in [-0.2, 0) is 30.3 Å². The second-order valence-electron chi connectivity index (χ2n) is 14.0. The molecule has 1 aromatic carbocycles. The van der Waals surface area contributed by atoms with E-state index in [2.05, 4.69) is 15.6 Å². The van der Waals surface area contributed by atoms with Gasteiger partial charge < -0.3 is 25.3 Å². The molecule has 0 aliphatic carbocycles. The molecule has 2 saturated heterocycles. The lowest BCUT2D eigenvalue weighted by molar-refractivity contribution is -0.178. The van der Waals surface area contributed by atoms with Crippen molar-refractivity contribution in [3.8, 4) is 11.3 Å². The van der Waals surface area contributed by atoms with Crippen LogP contribution in [0, 0.1) is 5.92 Å². The van der Waals surface area contributed by atoms with E-state index in [-0.39, 0.29) is 18.4 Å². The summed E-state index contributed by atoms with van der Waals surface area (Å²) in [5.41, 5.74) is 2.88. The zero-order chi connectivity index (χ0) is 35.4. The van der Waals surface area contributed by atoms with Crippen LogP contribution < -0.4 is 11.1 Å². The number of ketones is 1. The summed E-state index contributed by atoms with van der Waals surface area (Å²) in [6.45, 7) is 11.6. The summed E-state index contributed by atoms with van der Waals surface area (Å²) in [6.07, 6.45) is 1.85. The number of nitrogens with one attached hydrogen (secondary N) is 1. The van der Waals surface area contributed by atoms with Gasteiger partial charge in [0.15, 0.2) is 11.4 Å². The van der Waals surface area contributed by atoms with Crippen LogP contribution in [0.25, 0.3) is 11.3 Å². The van der Waals surface area contributed by atoms with Crippen LogP contribution in [0.1, 0.15) is 73.6 Å². The normalized spacial score (nSPS) is 33.8. The van der Waals surface area contributed by atoms with Crippen molar-refractivity contribution < 1.29 is 33.0 Å². The Morgan fingerprint density at radius 1 is 1.17 bits per heavy atom. The van der Waals surface area contributed by atoms with Gasteiger partial charge >= 0.3 is 12.1 Å². The molecule has 4 rings (SSSR count). The van der Waals surface area contributed by atoms with Crippen LogP contribution in [0.5, 0.6) is 0 Å². The Morgan fingerprint density at radius 2 is 1.88 bits per heavy atom. The minimum atomic E-state index is -2.96. The van der Waals surface area contributed by atoms with Crippen molar-refractivity contribution in [1.82, 2.24) is 25.2 Å². The van der Waals surface area contributed by atoms with E-state index in [4.69, 9.17) is 27.8 Å². The summed E-state index contributed by atoms with van der Waals surface area (Å²) in [7, 11) is 7.90. The number of halogens is 1. The molecule has 2 aliphatic heterocycles. The third-order valence-electron chi connectivity index (χ3n) is 10.1. The number of rotatable bonds is 8. The van der Waals surface area contributed by atoms with Crippen molar-refractivity contribution >= 4 is 31.4 Å². The molecule has 2 aromatic rings. The number of esters is 1. The second kappa shape index (κ2) is 14.9. The third-order valence-corrected chi connectivity index (χ3v) is 10.1. The highest BCUT2D eigenvalue weighted by Gasteiger charge is 2.59. The highest BCUT2D eigenvalue weighted by atomic mass is 19.1. The average molecular weight is 669 g/mol. The first-order valence-corrected chi connectivity index (χ1v) is 16.8. The van der Waals surface area contributed by atoms with Gasteiger partial charge in [-0.25, -0.2) is 14.0 Å². The predicted octanol–water partition coefficient (Wildman–Crippen LogP) is 4.28. The lowest BCUT2D eigenvalue weighted by Gasteiger charge is -2.41. The quantitative estimate of drug-likeness (QED) is 0.137. The maximum absolute atomic E-state index is 15.9. The van der Waals surface area contributed by atoms with Gasteiger partial charge in [0.2, 0.25) is 0 Å². The number of nitrogens with two attached hydrogens (primary N) is 1.